The highest BCUT2D eigenvalue weighted by Crippen LogP contribution is 2.35. The maximum absolute atomic E-state index is 12.2. The third-order valence-corrected chi connectivity index (χ3v) is 4.52. The number of anilines is 1. The summed E-state index contributed by atoms with van der Waals surface area (Å²) in [4.78, 5) is 12.2. The second kappa shape index (κ2) is 7.95. The van der Waals surface area contributed by atoms with Crippen molar-refractivity contribution < 1.29 is 19.0 Å². The van der Waals surface area contributed by atoms with Crippen LogP contribution in [-0.4, -0.2) is 27.1 Å². The fourth-order valence-electron chi connectivity index (χ4n) is 3.19. The molecule has 0 radical (unpaired) electrons. The quantitative estimate of drug-likeness (QED) is 0.845. The van der Waals surface area contributed by atoms with Crippen molar-refractivity contribution in [2.24, 2.45) is 0 Å². The summed E-state index contributed by atoms with van der Waals surface area (Å²) in [5, 5.41) is 3.34. The predicted molar refractivity (Wildman–Crippen MR) is 101 cm³/mol. The molecule has 0 amide bonds. The molecule has 0 fully saturated rings. The van der Waals surface area contributed by atoms with Crippen molar-refractivity contribution in [1.82, 2.24) is 0 Å². The molecule has 0 spiro atoms. The van der Waals surface area contributed by atoms with Crippen molar-refractivity contribution in [3.05, 3.63) is 59.8 Å². The van der Waals surface area contributed by atoms with Gasteiger partial charge < -0.3 is 19.5 Å². The van der Waals surface area contributed by atoms with Crippen LogP contribution in [0.5, 0.6) is 17.2 Å². The van der Waals surface area contributed by atoms with Gasteiger partial charge in [-0.1, -0.05) is 12.1 Å². The van der Waals surface area contributed by atoms with Crippen LogP contribution in [0.4, 0.5) is 5.69 Å². The second-order valence-corrected chi connectivity index (χ2v) is 6.21. The Hall–Kier alpha value is -2.95. The van der Waals surface area contributed by atoms with Crippen LogP contribution >= 0.6 is 0 Å². The summed E-state index contributed by atoms with van der Waals surface area (Å²) in [6.45, 7) is 0. The Bertz CT molecular complexity index is 811. The zero-order valence-electron chi connectivity index (χ0n) is 15.2. The highest BCUT2D eigenvalue weighted by Gasteiger charge is 2.22. The summed E-state index contributed by atoms with van der Waals surface area (Å²) in [7, 11) is 4.85. The van der Waals surface area contributed by atoms with Crippen molar-refractivity contribution in [3.8, 4) is 17.2 Å². The molecule has 1 unspecified atom stereocenters. The Morgan fingerprint density at radius 1 is 0.885 bits per heavy atom. The SMILES string of the molecule is COc1ccc(C2CC(=O)C=C(Nc3ccc(OC)c(OC)c3)C2)cc1. The van der Waals surface area contributed by atoms with Crippen molar-refractivity contribution >= 4 is 11.5 Å². The van der Waals surface area contributed by atoms with Crippen LogP contribution in [0.25, 0.3) is 0 Å². The van der Waals surface area contributed by atoms with Gasteiger partial charge in [0.2, 0.25) is 0 Å². The summed E-state index contributed by atoms with van der Waals surface area (Å²) < 4.78 is 15.8. The molecular formula is C21H23NO4. The van der Waals surface area contributed by atoms with Gasteiger partial charge >= 0.3 is 0 Å². The normalized spacial score (nSPS) is 16.7. The molecule has 1 aliphatic rings. The standard InChI is InChI=1S/C21H23NO4/c1-24-19-7-4-14(5-8-19)15-10-17(12-18(23)11-15)22-16-6-9-20(25-2)21(13-16)26-3/h4-9,12-13,15,22H,10-11H2,1-3H3. The van der Waals surface area contributed by atoms with Crippen LogP contribution in [0.2, 0.25) is 0 Å². The first-order chi connectivity index (χ1) is 12.6. The van der Waals surface area contributed by atoms with Gasteiger partial charge in [-0.3, -0.25) is 4.79 Å². The lowest BCUT2D eigenvalue weighted by molar-refractivity contribution is -0.115. The molecule has 0 aliphatic heterocycles. The van der Waals surface area contributed by atoms with E-state index in [2.05, 4.69) is 5.32 Å². The Labute approximate surface area is 153 Å². The summed E-state index contributed by atoms with van der Waals surface area (Å²) >= 11 is 0. The Morgan fingerprint density at radius 3 is 2.27 bits per heavy atom. The van der Waals surface area contributed by atoms with E-state index in [0.717, 1.165) is 29.1 Å². The third kappa shape index (κ3) is 3.99. The highest BCUT2D eigenvalue weighted by atomic mass is 16.5. The number of ether oxygens (including phenoxy) is 3. The number of hydrogen-bond acceptors (Lipinski definition) is 5. The molecule has 0 saturated carbocycles. The van der Waals surface area contributed by atoms with E-state index in [1.165, 1.54) is 0 Å². The molecule has 0 bridgehead atoms. The lowest BCUT2D eigenvalue weighted by atomic mass is 9.85. The zero-order chi connectivity index (χ0) is 18.5. The van der Waals surface area contributed by atoms with Gasteiger partial charge in [-0.15, -0.1) is 0 Å². The number of carbonyl (C=O) groups is 1. The van der Waals surface area contributed by atoms with Gasteiger partial charge in [0.1, 0.15) is 5.75 Å². The number of ketones is 1. The number of allylic oxidation sites excluding steroid dienone is 2. The maximum Gasteiger partial charge on any atom is 0.162 e. The maximum atomic E-state index is 12.2. The van der Waals surface area contributed by atoms with E-state index >= 15 is 0 Å². The molecular weight excluding hydrogens is 330 g/mol. The number of rotatable bonds is 6. The predicted octanol–water partition coefficient (Wildman–Crippen LogP) is 4.15. The summed E-state index contributed by atoms with van der Waals surface area (Å²) in [5.74, 6) is 2.41. The minimum atomic E-state index is 0.125. The molecule has 5 nitrogen and oxygen atoms in total. The first-order valence-corrected chi connectivity index (χ1v) is 8.49. The molecule has 5 heteroatoms. The van der Waals surface area contributed by atoms with E-state index in [9.17, 15) is 4.79 Å². The average Bonchev–Trinajstić information content (AvgIpc) is 2.67. The molecule has 26 heavy (non-hydrogen) atoms. The Balaban J connectivity index is 1.76. The third-order valence-electron chi connectivity index (χ3n) is 4.52. The zero-order valence-corrected chi connectivity index (χ0v) is 15.2. The molecule has 1 atom stereocenters. The van der Waals surface area contributed by atoms with Gasteiger partial charge in [-0.05, 0) is 42.2 Å². The summed E-state index contributed by atoms with van der Waals surface area (Å²) in [6, 6.07) is 13.5. The molecule has 2 aromatic carbocycles. The lowest BCUT2D eigenvalue weighted by Crippen LogP contribution is -2.16. The molecule has 0 aromatic heterocycles. The van der Waals surface area contributed by atoms with E-state index < -0.39 is 0 Å². The molecule has 136 valence electrons. The van der Waals surface area contributed by atoms with Crippen molar-refractivity contribution in [2.45, 2.75) is 18.8 Å². The molecule has 3 rings (SSSR count). The lowest BCUT2D eigenvalue weighted by Gasteiger charge is -2.24. The Morgan fingerprint density at radius 2 is 1.62 bits per heavy atom. The van der Waals surface area contributed by atoms with Gasteiger partial charge in [-0.25, -0.2) is 0 Å². The van der Waals surface area contributed by atoms with Crippen LogP contribution in [0.3, 0.4) is 0 Å². The fourth-order valence-corrected chi connectivity index (χ4v) is 3.19. The van der Waals surface area contributed by atoms with E-state index in [1.54, 1.807) is 27.4 Å². The minimum absolute atomic E-state index is 0.125. The van der Waals surface area contributed by atoms with Gasteiger partial charge in [0.25, 0.3) is 0 Å². The van der Waals surface area contributed by atoms with E-state index in [-0.39, 0.29) is 11.7 Å². The van der Waals surface area contributed by atoms with Crippen LogP contribution in [0.1, 0.15) is 24.3 Å². The van der Waals surface area contributed by atoms with Gasteiger partial charge in [0.05, 0.1) is 21.3 Å². The van der Waals surface area contributed by atoms with Crippen LogP contribution in [0.15, 0.2) is 54.2 Å². The second-order valence-electron chi connectivity index (χ2n) is 6.21. The van der Waals surface area contributed by atoms with E-state index in [0.29, 0.717) is 17.9 Å². The first kappa shape index (κ1) is 17.9. The monoisotopic (exact) mass is 353 g/mol. The number of methoxy groups -OCH3 is 3. The van der Waals surface area contributed by atoms with Crippen LogP contribution in [-0.2, 0) is 4.79 Å². The first-order valence-electron chi connectivity index (χ1n) is 8.49. The number of hydrogen-bond donors (Lipinski definition) is 1. The molecule has 0 saturated heterocycles. The summed E-state index contributed by atoms with van der Waals surface area (Å²) in [6.07, 6.45) is 2.98. The molecule has 2 aromatic rings. The minimum Gasteiger partial charge on any atom is -0.497 e. The number of carbonyl (C=O) groups excluding carboxylic acids is 1. The Kier molecular flexibility index (Phi) is 5.46. The smallest absolute Gasteiger partial charge is 0.162 e. The van der Waals surface area contributed by atoms with E-state index in [4.69, 9.17) is 14.2 Å². The largest absolute Gasteiger partial charge is 0.497 e. The van der Waals surface area contributed by atoms with Crippen LogP contribution < -0.4 is 19.5 Å². The summed E-state index contributed by atoms with van der Waals surface area (Å²) in [5.41, 5.74) is 2.89. The highest BCUT2D eigenvalue weighted by molar-refractivity contribution is 5.92. The fraction of sp³-hybridized carbons (Fsp3) is 0.286. The van der Waals surface area contributed by atoms with Crippen molar-refractivity contribution in [1.29, 1.82) is 0 Å². The number of benzene rings is 2. The van der Waals surface area contributed by atoms with Gasteiger partial charge in [0, 0.05) is 29.9 Å². The van der Waals surface area contributed by atoms with E-state index in [1.807, 2.05) is 42.5 Å². The average molecular weight is 353 g/mol. The van der Waals surface area contributed by atoms with Crippen molar-refractivity contribution in [3.63, 3.8) is 0 Å². The molecule has 1 aliphatic carbocycles. The molecule has 1 N–H and O–H groups in total. The van der Waals surface area contributed by atoms with Crippen molar-refractivity contribution in [2.75, 3.05) is 26.6 Å². The number of nitrogens with one attached hydrogen (secondary N) is 1. The molecule has 0 heterocycles. The van der Waals surface area contributed by atoms with Crippen LogP contribution in [0, 0.1) is 0 Å². The van der Waals surface area contributed by atoms with Gasteiger partial charge in [-0.2, -0.15) is 0 Å². The van der Waals surface area contributed by atoms with Gasteiger partial charge in [0.15, 0.2) is 17.3 Å². The topological polar surface area (TPSA) is 56.8 Å².